The van der Waals surface area contributed by atoms with Gasteiger partial charge in [-0.2, -0.15) is 0 Å². The molecule has 2 aliphatic rings. The number of carboxylic acids is 1. The number of allylic oxidation sites excluding steroid dienone is 2. The zero-order chi connectivity index (χ0) is 16.4. The molecule has 0 spiro atoms. The van der Waals surface area contributed by atoms with Gasteiger partial charge in [0.2, 0.25) is 0 Å². The quantitative estimate of drug-likeness (QED) is 0.811. The molecule has 1 saturated heterocycles. The third-order valence-electron chi connectivity index (χ3n) is 4.21. The van der Waals surface area contributed by atoms with Crippen molar-refractivity contribution in [2.75, 3.05) is 13.1 Å². The maximum absolute atomic E-state index is 12.8. The van der Waals surface area contributed by atoms with E-state index >= 15 is 0 Å². The van der Waals surface area contributed by atoms with Gasteiger partial charge in [0.1, 0.15) is 11.1 Å². The first-order chi connectivity index (χ1) is 10.2. The van der Waals surface area contributed by atoms with Gasteiger partial charge in [0.05, 0.1) is 5.92 Å². The third-order valence-corrected chi connectivity index (χ3v) is 4.21. The van der Waals surface area contributed by atoms with Crippen LogP contribution in [0.15, 0.2) is 24.3 Å². The van der Waals surface area contributed by atoms with E-state index in [4.69, 9.17) is 9.84 Å². The van der Waals surface area contributed by atoms with Crippen LogP contribution in [0.1, 0.15) is 40.0 Å². The molecule has 0 saturated carbocycles. The lowest BCUT2D eigenvalue weighted by atomic mass is 9.85. The van der Waals surface area contributed by atoms with Crippen molar-refractivity contribution >= 4 is 11.9 Å². The van der Waals surface area contributed by atoms with E-state index in [1.807, 2.05) is 45.1 Å². The number of ether oxygens (including phenoxy) is 1. The van der Waals surface area contributed by atoms with Crippen LogP contribution in [0.3, 0.4) is 0 Å². The number of carboxylic acid groups (broad SMARTS) is 1. The largest absolute Gasteiger partial charge is 0.481 e. The number of rotatable bonds is 3. The van der Waals surface area contributed by atoms with Crippen molar-refractivity contribution in [2.24, 2.45) is 5.92 Å². The standard InChI is InChI=1S/C17H25NO4/c1-16(2,3)22-15(21)17(9-5-4-6-10-17)18-11-7-13(8-12-18)14(19)20/h4-6,9,13H,7-8,10-12H2,1-3H3,(H,19,20). The summed E-state index contributed by atoms with van der Waals surface area (Å²) in [6.45, 7) is 6.76. The summed E-state index contributed by atoms with van der Waals surface area (Å²) in [7, 11) is 0. The van der Waals surface area contributed by atoms with Gasteiger partial charge in [-0.25, -0.2) is 4.79 Å². The molecule has 122 valence electrons. The van der Waals surface area contributed by atoms with Crippen LogP contribution >= 0.6 is 0 Å². The highest BCUT2D eigenvalue weighted by atomic mass is 16.6. The van der Waals surface area contributed by atoms with Crippen molar-refractivity contribution < 1.29 is 19.4 Å². The molecule has 0 radical (unpaired) electrons. The Bertz CT molecular complexity index is 495. The summed E-state index contributed by atoms with van der Waals surface area (Å²) < 4.78 is 5.63. The Morgan fingerprint density at radius 1 is 1.23 bits per heavy atom. The number of esters is 1. The normalized spacial score (nSPS) is 26.9. The molecular weight excluding hydrogens is 282 g/mol. The third kappa shape index (κ3) is 3.58. The predicted octanol–water partition coefficient (Wildman–Crippen LogP) is 2.38. The zero-order valence-corrected chi connectivity index (χ0v) is 13.5. The SMILES string of the molecule is CC(C)(C)OC(=O)C1(N2CCC(C(=O)O)CC2)C=CC=CC1. The first-order valence-corrected chi connectivity index (χ1v) is 7.80. The number of carbonyl (C=O) groups excluding carboxylic acids is 1. The number of carbonyl (C=O) groups is 2. The summed E-state index contributed by atoms with van der Waals surface area (Å²) in [6, 6.07) is 0. The molecule has 0 bridgehead atoms. The topological polar surface area (TPSA) is 66.8 Å². The molecule has 1 aliphatic carbocycles. The van der Waals surface area contributed by atoms with Gasteiger partial charge in [-0.15, -0.1) is 0 Å². The monoisotopic (exact) mass is 307 g/mol. The summed E-state index contributed by atoms with van der Waals surface area (Å²) in [5.74, 6) is -1.31. The minimum absolute atomic E-state index is 0.255. The molecule has 1 fully saturated rings. The summed E-state index contributed by atoms with van der Waals surface area (Å²) in [5.41, 5.74) is -1.34. The van der Waals surface area contributed by atoms with Crippen LogP contribution in [0.4, 0.5) is 0 Å². The number of hydrogen-bond donors (Lipinski definition) is 1. The smallest absolute Gasteiger partial charge is 0.331 e. The Morgan fingerprint density at radius 3 is 2.32 bits per heavy atom. The van der Waals surface area contributed by atoms with E-state index in [2.05, 4.69) is 4.90 Å². The predicted molar refractivity (Wildman–Crippen MR) is 83.4 cm³/mol. The van der Waals surface area contributed by atoms with Gasteiger partial charge in [0.15, 0.2) is 0 Å². The lowest BCUT2D eigenvalue weighted by Gasteiger charge is -2.44. The van der Waals surface area contributed by atoms with Crippen LogP contribution in [0.2, 0.25) is 0 Å². The van der Waals surface area contributed by atoms with Crippen molar-refractivity contribution in [3.05, 3.63) is 24.3 Å². The van der Waals surface area contributed by atoms with E-state index in [0.29, 0.717) is 32.4 Å². The second kappa shape index (κ2) is 6.24. The Hall–Kier alpha value is -1.62. The van der Waals surface area contributed by atoms with Crippen LogP contribution in [-0.4, -0.2) is 46.2 Å². The minimum atomic E-state index is -0.800. The molecule has 1 heterocycles. The van der Waals surface area contributed by atoms with E-state index in [-0.39, 0.29) is 11.9 Å². The molecule has 0 aromatic carbocycles. The molecule has 1 unspecified atom stereocenters. The average molecular weight is 307 g/mol. The number of piperidine rings is 1. The molecule has 5 heteroatoms. The average Bonchev–Trinajstić information content (AvgIpc) is 2.46. The second-order valence-electron chi connectivity index (χ2n) is 7.02. The fraction of sp³-hybridized carbons (Fsp3) is 0.647. The maximum atomic E-state index is 12.8. The number of likely N-dealkylation sites (tertiary alicyclic amines) is 1. The fourth-order valence-corrected chi connectivity index (χ4v) is 3.02. The van der Waals surface area contributed by atoms with Crippen molar-refractivity contribution in [1.82, 2.24) is 4.90 Å². The Morgan fingerprint density at radius 2 is 1.86 bits per heavy atom. The summed E-state index contributed by atoms with van der Waals surface area (Å²) in [4.78, 5) is 26.0. The zero-order valence-electron chi connectivity index (χ0n) is 13.5. The van der Waals surface area contributed by atoms with Crippen molar-refractivity contribution in [3.63, 3.8) is 0 Å². The second-order valence-corrected chi connectivity index (χ2v) is 7.02. The van der Waals surface area contributed by atoms with Crippen LogP contribution in [-0.2, 0) is 14.3 Å². The Labute approximate surface area is 131 Å². The van der Waals surface area contributed by atoms with Gasteiger partial charge >= 0.3 is 11.9 Å². The molecule has 1 atom stereocenters. The van der Waals surface area contributed by atoms with E-state index in [1.165, 1.54) is 0 Å². The highest BCUT2D eigenvalue weighted by Gasteiger charge is 2.46. The highest BCUT2D eigenvalue weighted by molar-refractivity contribution is 5.84. The van der Waals surface area contributed by atoms with Gasteiger partial charge in [-0.1, -0.05) is 24.3 Å². The van der Waals surface area contributed by atoms with E-state index in [9.17, 15) is 9.59 Å². The first-order valence-electron chi connectivity index (χ1n) is 7.80. The lowest BCUT2D eigenvalue weighted by Crippen LogP contribution is -2.58. The minimum Gasteiger partial charge on any atom is -0.481 e. The van der Waals surface area contributed by atoms with E-state index < -0.39 is 17.1 Å². The molecular formula is C17H25NO4. The summed E-state index contributed by atoms with van der Waals surface area (Å²) in [5, 5.41) is 9.13. The van der Waals surface area contributed by atoms with Gasteiger partial charge in [-0.3, -0.25) is 9.69 Å². The number of nitrogens with zero attached hydrogens (tertiary/aromatic N) is 1. The molecule has 0 aromatic heterocycles. The van der Waals surface area contributed by atoms with Gasteiger partial charge in [0, 0.05) is 13.1 Å². The van der Waals surface area contributed by atoms with Crippen molar-refractivity contribution in [3.8, 4) is 0 Å². The molecule has 22 heavy (non-hydrogen) atoms. The Balaban J connectivity index is 2.17. The van der Waals surface area contributed by atoms with Gasteiger partial charge in [0.25, 0.3) is 0 Å². The molecule has 0 amide bonds. The molecule has 0 aromatic rings. The van der Waals surface area contributed by atoms with Crippen molar-refractivity contribution in [1.29, 1.82) is 0 Å². The number of hydrogen-bond acceptors (Lipinski definition) is 4. The van der Waals surface area contributed by atoms with Gasteiger partial charge < -0.3 is 9.84 Å². The molecule has 1 aliphatic heterocycles. The van der Waals surface area contributed by atoms with Crippen LogP contribution < -0.4 is 0 Å². The van der Waals surface area contributed by atoms with Crippen molar-refractivity contribution in [2.45, 2.75) is 51.2 Å². The highest BCUT2D eigenvalue weighted by Crippen LogP contribution is 2.33. The van der Waals surface area contributed by atoms with E-state index in [0.717, 1.165) is 0 Å². The Kier molecular flexibility index (Phi) is 4.75. The number of aliphatic carboxylic acids is 1. The summed E-state index contributed by atoms with van der Waals surface area (Å²) in [6.07, 6.45) is 9.35. The van der Waals surface area contributed by atoms with Crippen LogP contribution in [0.25, 0.3) is 0 Å². The van der Waals surface area contributed by atoms with E-state index in [1.54, 1.807) is 0 Å². The first kappa shape index (κ1) is 16.7. The van der Waals surface area contributed by atoms with Crippen LogP contribution in [0.5, 0.6) is 0 Å². The van der Waals surface area contributed by atoms with Gasteiger partial charge in [-0.05, 0) is 40.0 Å². The maximum Gasteiger partial charge on any atom is 0.331 e. The lowest BCUT2D eigenvalue weighted by molar-refractivity contribution is -0.168. The summed E-state index contributed by atoms with van der Waals surface area (Å²) >= 11 is 0. The molecule has 2 rings (SSSR count). The fourth-order valence-electron chi connectivity index (χ4n) is 3.02. The molecule has 1 N–H and O–H groups in total. The molecule has 5 nitrogen and oxygen atoms in total. The van der Waals surface area contributed by atoms with Crippen LogP contribution in [0, 0.1) is 5.92 Å².